The molecule has 0 unspecified atom stereocenters. The van der Waals surface area contributed by atoms with E-state index < -0.39 is 9.84 Å². The molecule has 6 nitrogen and oxygen atoms in total. The highest BCUT2D eigenvalue weighted by molar-refractivity contribution is 7.90. The summed E-state index contributed by atoms with van der Waals surface area (Å²) in [6.07, 6.45) is 7.56. The molecule has 3 rings (SSSR count). The van der Waals surface area contributed by atoms with Gasteiger partial charge >= 0.3 is 0 Å². The molecular weight excluding hydrogens is 384 g/mol. The molecule has 1 heterocycles. The molecular formula is C19H26N2O4S2. The van der Waals surface area contributed by atoms with Crippen molar-refractivity contribution in [3.05, 3.63) is 23.0 Å². The Kier molecular flexibility index (Phi) is 6.49. The zero-order chi connectivity index (χ0) is 19.4. The topological polar surface area (TPSA) is 77.7 Å². The van der Waals surface area contributed by atoms with Crippen LogP contribution in [-0.2, 0) is 25.9 Å². The molecule has 1 amide bonds. The summed E-state index contributed by atoms with van der Waals surface area (Å²) in [5, 5.41) is 0. The van der Waals surface area contributed by atoms with Gasteiger partial charge in [-0.25, -0.2) is 8.42 Å². The van der Waals surface area contributed by atoms with Crippen molar-refractivity contribution in [1.29, 1.82) is 0 Å². The fraction of sp³-hybridized carbons (Fsp3) is 0.579. The number of hydrogen-bond acceptors (Lipinski definition) is 5. The molecule has 27 heavy (non-hydrogen) atoms. The number of rotatable bonds is 6. The average molecular weight is 411 g/mol. The summed E-state index contributed by atoms with van der Waals surface area (Å²) < 4.78 is 31.6. The van der Waals surface area contributed by atoms with Crippen LogP contribution in [0, 0.1) is 5.92 Å². The van der Waals surface area contributed by atoms with Gasteiger partial charge in [-0.3, -0.25) is 4.79 Å². The molecule has 1 aromatic carbocycles. The third-order valence-corrected chi connectivity index (χ3v) is 7.16. The molecule has 1 aliphatic rings. The summed E-state index contributed by atoms with van der Waals surface area (Å²) in [6.45, 7) is 1.05. The van der Waals surface area contributed by atoms with Crippen LogP contribution >= 0.6 is 11.3 Å². The molecule has 8 heteroatoms. The first-order valence-electron chi connectivity index (χ1n) is 9.28. The van der Waals surface area contributed by atoms with E-state index in [0.29, 0.717) is 30.3 Å². The normalized spacial score (nSPS) is 16.9. The van der Waals surface area contributed by atoms with Gasteiger partial charge in [0.25, 0.3) is 0 Å². The number of sulfone groups is 1. The predicted molar refractivity (Wildman–Crippen MR) is 107 cm³/mol. The number of amides is 1. The van der Waals surface area contributed by atoms with Crippen LogP contribution in [0.2, 0.25) is 0 Å². The molecule has 0 radical (unpaired) electrons. The minimum absolute atomic E-state index is 0.0945. The highest BCUT2D eigenvalue weighted by Gasteiger charge is 2.17. The van der Waals surface area contributed by atoms with Gasteiger partial charge in [0, 0.05) is 26.3 Å². The number of hydrogen-bond donors (Lipinski definition) is 0. The van der Waals surface area contributed by atoms with Gasteiger partial charge in [0.05, 0.1) is 21.7 Å². The summed E-state index contributed by atoms with van der Waals surface area (Å²) >= 11 is 1.35. The Hall–Kier alpha value is -1.51. The van der Waals surface area contributed by atoms with Gasteiger partial charge in [-0.05, 0) is 37.0 Å². The van der Waals surface area contributed by atoms with Gasteiger partial charge < -0.3 is 9.30 Å². The van der Waals surface area contributed by atoms with E-state index in [-0.39, 0.29) is 10.8 Å². The average Bonchev–Trinajstić information content (AvgIpc) is 2.96. The maximum Gasteiger partial charge on any atom is 0.248 e. The second kappa shape index (κ2) is 8.67. The number of ether oxygens (including phenoxy) is 1. The Bertz CT molecular complexity index is 983. The van der Waals surface area contributed by atoms with Crippen LogP contribution in [0.1, 0.15) is 38.5 Å². The molecule has 0 spiro atoms. The van der Waals surface area contributed by atoms with Gasteiger partial charge in [-0.2, -0.15) is 4.99 Å². The van der Waals surface area contributed by atoms with E-state index in [1.165, 1.54) is 36.9 Å². The summed E-state index contributed by atoms with van der Waals surface area (Å²) in [7, 11) is -1.65. The number of carbonyl (C=O) groups excluding carboxylic acids is 1. The van der Waals surface area contributed by atoms with Gasteiger partial charge in [0.15, 0.2) is 14.6 Å². The molecule has 1 aromatic heterocycles. The smallest absolute Gasteiger partial charge is 0.248 e. The van der Waals surface area contributed by atoms with E-state index >= 15 is 0 Å². The van der Waals surface area contributed by atoms with Crippen molar-refractivity contribution in [1.82, 2.24) is 4.57 Å². The number of benzene rings is 1. The van der Waals surface area contributed by atoms with E-state index in [1.807, 2.05) is 4.57 Å². The quantitative estimate of drug-likeness (QED) is 0.733. The lowest BCUT2D eigenvalue weighted by molar-refractivity contribution is -0.119. The van der Waals surface area contributed by atoms with Crippen LogP contribution in [0.15, 0.2) is 28.1 Å². The second-order valence-corrected chi connectivity index (χ2v) is 10.2. The first-order valence-corrected chi connectivity index (χ1v) is 12.0. The van der Waals surface area contributed by atoms with Crippen molar-refractivity contribution < 1.29 is 17.9 Å². The van der Waals surface area contributed by atoms with Crippen molar-refractivity contribution in [3.63, 3.8) is 0 Å². The molecule has 0 bridgehead atoms. The highest BCUT2D eigenvalue weighted by atomic mass is 32.2. The molecule has 148 valence electrons. The summed E-state index contributed by atoms with van der Waals surface area (Å²) in [4.78, 5) is 17.8. The Balaban J connectivity index is 1.97. The van der Waals surface area contributed by atoms with Crippen molar-refractivity contribution in [2.75, 3.05) is 20.0 Å². The van der Waals surface area contributed by atoms with Gasteiger partial charge in [-0.1, -0.05) is 30.6 Å². The van der Waals surface area contributed by atoms with Gasteiger partial charge in [0.1, 0.15) is 0 Å². The van der Waals surface area contributed by atoms with Crippen molar-refractivity contribution in [2.45, 2.75) is 50.0 Å². The molecule has 0 atom stereocenters. The zero-order valence-corrected chi connectivity index (χ0v) is 17.4. The maximum absolute atomic E-state index is 12.5. The van der Waals surface area contributed by atoms with Crippen LogP contribution in [0.3, 0.4) is 0 Å². The molecule has 1 saturated carbocycles. The molecule has 0 aliphatic heterocycles. The van der Waals surface area contributed by atoms with E-state index in [9.17, 15) is 13.2 Å². The summed E-state index contributed by atoms with van der Waals surface area (Å²) in [5.74, 6) is 0.344. The highest BCUT2D eigenvalue weighted by Crippen LogP contribution is 2.26. The Morgan fingerprint density at radius 3 is 2.70 bits per heavy atom. The SMILES string of the molecule is COCCn1c(=NC(=O)CC2CCCCC2)sc2cc(S(C)(=O)=O)ccc21. The minimum atomic E-state index is -3.28. The molecule has 0 saturated heterocycles. The number of carbonyl (C=O) groups is 1. The largest absolute Gasteiger partial charge is 0.383 e. The fourth-order valence-corrected chi connectivity index (χ4v) is 5.39. The summed E-state index contributed by atoms with van der Waals surface area (Å²) in [6, 6.07) is 5.03. The molecule has 1 aliphatic carbocycles. The van der Waals surface area contributed by atoms with Crippen LogP contribution in [0.25, 0.3) is 10.2 Å². The Morgan fingerprint density at radius 2 is 2.04 bits per heavy atom. The van der Waals surface area contributed by atoms with E-state index in [1.54, 1.807) is 25.3 Å². The summed E-state index contributed by atoms with van der Waals surface area (Å²) in [5.41, 5.74) is 0.869. The van der Waals surface area contributed by atoms with Crippen LogP contribution in [-0.4, -0.2) is 38.9 Å². The number of aromatic nitrogens is 1. The Morgan fingerprint density at radius 1 is 1.30 bits per heavy atom. The van der Waals surface area contributed by atoms with Crippen LogP contribution in [0.4, 0.5) is 0 Å². The number of thiazole rings is 1. The first-order chi connectivity index (χ1) is 12.9. The van der Waals surface area contributed by atoms with Crippen molar-refractivity contribution >= 4 is 37.3 Å². The molecule has 1 fully saturated rings. The third-order valence-electron chi connectivity index (χ3n) is 5.01. The fourth-order valence-electron chi connectivity index (χ4n) is 3.56. The standard InChI is InChI=1S/C19H26N2O4S2/c1-25-11-10-21-16-9-8-15(27(2,23)24)13-17(16)26-19(21)20-18(22)12-14-6-4-3-5-7-14/h8-9,13-14H,3-7,10-12H2,1-2H3. The number of nitrogens with zero attached hydrogens (tertiary/aromatic N) is 2. The van der Waals surface area contributed by atoms with E-state index in [0.717, 1.165) is 23.1 Å². The number of fused-ring (bicyclic) bond motifs is 1. The lowest BCUT2D eigenvalue weighted by Crippen LogP contribution is -2.20. The number of methoxy groups -OCH3 is 1. The lowest BCUT2D eigenvalue weighted by Gasteiger charge is -2.19. The first kappa shape index (κ1) is 20.2. The molecule has 0 N–H and O–H groups in total. The van der Waals surface area contributed by atoms with Crippen molar-refractivity contribution in [2.24, 2.45) is 10.9 Å². The zero-order valence-electron chi connectivity index (χ0n) is 15.8. The maximum atomic E-state index is 12.5. The van der Waals surface area contributed by atoms with Gasteiger partial charge in [0.2, 0.25) is 5.91 Å². The predicted octanol–water partition coefficient (Wildman–Crippen LogP) is 3.15. The minimum Gasteiger partial charge on any atom is -0.383 e. The van der Waals surface area contributed by atoms with Crippen LogP contribution in [0.5, 0.6) is 0 Å². The Labute approximate surface area is 163 Å². The second-order valence-electron chi connectivity index (χ2n) is 7.14. The lowest BCUT2D eigenvalue weighted by atomic mass is 9.87. The van der Waals surface area contributed by atoms with Crippen LogP contribution < -0.4 is 4.80 Å². The monoisotopic (exact) mass is 410 g/mol. The van der Waals surface area contributed by atoms with E-state index in [4.69, 9.17) is 4.74 Å². The molecule has 2 aromatic rings. The van der Waals surface area contributed by atoms with Gasteiger partial charge in [-0.15, -0.1) is 0 Å². The third kappa shape index (κ3) is 5.06. The van der Waals surface area contributed by atoms with Crippen molar-refractivity contribution in [3.8, 4) is 0 Å². The van der Waals surface area contributed by atoms with E-state index in [2.05, 4.69) is 4.99 Å².